The number of nitrogens with zero attached hydrogens (tertiary/aromatic N) is 1. The Hall–Kier alpha value is -2.54. The molecule has 0 saturated carbocycles. The number of ether oxygens (including phenoxy) is 1. The molecule has 0 saturated heterocycles. The summed E-state index contributed by atoms with van der Waals surface area (Å²) in [5.41, 5.74) is 1.85. The Kier molecular flexibility index (Phi) is 3.99. The van der Waals surface area contributed by atoms with E-state index in [1.165, 1.54) is 0 Å². The second kappa shape index (κ2) is 5.87. The van der Waals surface area contributed by atoms with Crippen molar-refractivity contribution in [3.8, 4) is 11.8 Å². The van der Waals surface area contributed by atoms with E-state index in [0.717, 1.165) is 16.9 Å². The molecule has 0 bridgehead atoms. The number of fused-ring (bicyclic) bond motifs is 1. The fourth-order valence-corrected chi connectivity index (χ4v) is 1.81. The molecule has 0 spiro atoms. The minimum absolute atomic E-state index is 0.0936. The predicted octanol–water partition coefficient (Wildman–Crippen LogP) is 2.05. The molecule has 1 heterocycles. The Morgan fingerprint density at radius 3 is 3.05 bits per heavy atom. The van der Waals surface area contributed by atoms with Crippen LogP contribution in [-0.4, -0.2) is 19.1 Å². The second-order valence-electron chi connectivity index (χ2n) is 4.08. The zero-order chi connectivity index (χ0) is 13.7. The molecule has 2 rings (SSSR count). The van der Waals surface area contributed by atoms with Gasteiger partial charge in [-0.15, -0.1) is 0 Å². The van der Waals surface area contributed by atoms with Crippen LogP contribution in [0.2, 0.25) is 0 Å². The van der Waals surface area contributed by atoms with Crippen LogP contribution in [0.15, 0.2) is 41.5 Å². The van der Waals surface area contributed by atoms with Crippen LogP contribution >= 0.6 is 0 Å². The third-order valence-corrected chi connectivity index (χ3v) is 2.69. The Morgan fingerprint density at radius 1 is 1.53 bits per heavy atom. The Labute approximate surface area is 112 Å². The van der Waals surface area contributed by atoms with Crippen LogP contribution in [0, 0.1) is 11.3 Å². The molecule has 1 N–H and O–H groups in total. The van der Waals surface area contributed by atoms with Crippen molar-refractivity contribution >= 4 is 12.0 Å². The molecular formula is C15H14N2O2. The van der Waals surface area contributed by atoms with Gasteiger partial charge in [-0.2, -0.15) is 5.26 Å². The first-order valence-corrected chi connectivity index (χ1v) is 6.07. The van der Waals surface area contributed by atoms with Crippen LogP contribution in [-0.2, 0) is 4.79 Å². The molecule has 0 aromatic heterocycles. The van der Waals surface area contributed by atoms with Crippen LogP contribution in [0.25, 0.3) is 6.08 Å². The van der Waals surface area contributed by atoms with Gasteiger partial charge in [0.25, 0.3) is 5.91 Å². The summed E-state index contributed by atoms with van der Waals surface area (Å²) in [5, 5.41) is 11.6. The summed E-state index contributed by atoms with van der Waals surface area (Å²) in [6, 6.07) is 9.55. The van der Waals surface area contributed by atoms with Crippen molar-refractivity contribution in [2.24, 2.45) is 0 Å². The molecule has 4 heteroatoms. The van der Waals surface area contributed by atoms with Crippen molar-refractivity contribution in [3.05, 3.63) is 47.1 Å². The maximum atomic E-state index is 11.6. The summed E-state index contributed by atoms with van der Waals surface area (Å²) in [7, 11) is 0. The van der Waals surface area contributed by atoms with Crippen LogP contribution in [0.5, 0.6) is 5.75 Å². The van der Waals surface area contributed by atoms with E-state index in [1.807, 2.05) is 43.3 Å². The monoisotopic (exact) mass is 254 g/mol. The average Bonchev–Trinajstić information content (AvgIpc) is 2.44. The molecule has 1 aliphatic rings. The Bertz CT molecular complexity index is 594. The fraction of sp³-hybridized carbons (Fsp3) is 0.200. The van der Waals surface area contributed by atoms with Crippen molar-refractivity contribution in [2.75, 3.05) is 13.2 Å². The third-order valence-electron chi connectivity index (χ3n) is 2.69. The minimum Gasteiger partial charge on any atom is -0.488 e. The SMILES string of the molecule is CCNC(=O)C(C#N)=CC1=Cc2ccccc2OC1. The minimum atomic E-state index is -0.357. The summed E-state index contributed by atoms with van der Waals surface area (Å²) in [6.07, 6.45) is 3.50. The molecule has 4 nitrogen and oxygen atoms in total. The first-order chi connectivity index (χ1) is 9.24. The van der Waals surface area contributed by atoms with Gasteiger partial charge in [0, 0.05) is 12.1 Å². The number of hydrogen-bond donors (Lipinski definition) is 1. The molecule has 19 heavy (non-hydrogen) atoms. The number of carbonyl (C=O) groups is 1. The van der Waals surface area contributed by atoms with Gasteiger partial charge >= 0.3 is 0 Å². The lowest BCUT2D eigenvalue weighted by Crippen LogP contribution is -2.24. The second-order valence-corrected chi connectivity index (χ2v) is 4.08. The number of rotatable bonds is 3. The number of hydrogen-bond acceptors (Lipinski definition) is 3. The highest BCUT2D eigenvalue weighted by atomic mass is 16.5. The topological polar surface area (TPSA) is 62.1 Å². The van der Waals surface area contributed by atoms with E-state index in [4.69, 9.17) is 10.00 Å². The van der Waals surface area contributed by atoms with Crippen molar-refractivity contribution in [1.82, 2.24) is 5.32 Å². The van der Waals surface area contributed by atoms with Crippen LogP contribution in [0.4, 0.5) is 0 Å². The van der Waals surface area contributed by atoms with E-state index in [9.17, 15) is 4.79 Å². The van der Waals surface area contributed by atoms with Crippen molar-refractivity contribution in [1.29, 1.82) is 5.26 Å². The standard InChI is InChI=1S/C15H14N2O2/c1-2-17-15(18)13(9-16)8-11-7-12-5-3-4-6-14(12)19-10-11/h3-8H,2,10H2,1H3,(H,17,18). The lowest BCUT2D eigenvalue weighted by atomic mass is 10.1. The maximum absolute atomic E-state index is 11.6. The number of likely N-dealkylation sites (N-methyl/N-ethyl adjacent to an activating group) is 1. The van der Waals surface area contributed by atoms with Crippen LogP contribution < -0.4 is 10.1 Å². The third kappa shape index (κ3) is 3.02. The van der Waals surface area contributed by atoms with Crippen LogP contribution in [0.3, 0.4) is 0 Å². The highest BCUT2D eigenvalue weighted by Gasteiger charge is 2.12. The normalized spacial score (nSPS) is 13.7. The number of para-hydroxylation sites is 1. The number of nitrogens with one attached hydrogen (secondary N) is 1. The van der Waals surface area contributed by atoms with Gasteiger partial charge in [-0.25, -0.2) is 0 Å². The molecule has 0 radical (unpaired) electrons. The summed E-state index contributed by atoms with van der Waals surface area (Å²) in [4.78, 5) is 11.6. The van der Waals surface area contributed by atoms with Crippen molar-refractivity contribution < 1.29 is 9.53 Å². The van der Waals surface area contributed by atoms with Gasteiger partial charge in [-0.3, -0.25) is 4.79 Å². The van der Waals surface area contributed by atoms with Gasteiger partial charge in [0.15, 0.2) is 0 Å². The Balaban J connectivity index is 2.27. The van der Waals surface area contributed by atoms with Gasteiger partial charge < -0.3 is 10.1 Å². The van der Waals surface area contributed by atoms with E-state index in [1.54, 1.807) is 6.08 Å². The lowest BCUT2D eigenvalue weighted by molar-refractivity contribution is -0.117. The van der Waals surface area contributed by atoms with Gasteiger partial charge in [-0.05, 0) is 30.7 Å². The molecule has 1 aromatic carbocycles. The largest absolute Gasteiger partial charge is 0.488 e. The Morgan fingerprint density at radius 2 is 2.32 bits per heavy atom. The number of carbonyl (C=O) groups excluding carboxylic acids is 1. The summed E-state index contributed by atoms with van der Waals surface area (Å²) in [5.74, 6) is 0.459. The lowest BCUT2D eigenvalue weighted by Gasteiger charge is -2.15. The number of nitriles is 1. The average molecular weight is 254 g/mol. The quantitative estimate of drug-likeness (QED) is 0.663. The van der Waals surface area contributed by atoms with Gasteiger partial charge in [0.05, 0.1) is 0 Å². The first-order valence-electron chi connectivity index (χ1n) is 6.07. The molecule has 96 valence electrons. The van der Waals surface area contributed by atoms with Gasteiger partial charge in [0.2, 0.25) is 0 Å². The smallest absolute Gasteiger partial charge is 0.261 e. The molecule has 0 fully saturated rings. The highest BCUT2D eigenvalue weighted by molar-refractivity contribution is 5.98. The van der Waals surface area contributed by atoms with E-state index in [2.05, 4.69) is 5.32 Å². The first kappa shape index (κ1) is 12.9. The van der Waals surface area contributed by atoms with Crippen LogP contribution in [0.1, 0.15) is 12.5 Å². The maximum Gasteiger partial charge on any atom is 0.261 e. The molecule has 1 amide bonds. The summed E-state index contributed by atoms with van der Waals surface area (Å²) in [6.45, 7) is 2.67. The molecule has 0 atom stereocenters. The van der Waals surface area contributed by atoms with E-state index < -0.39 is 0 Å². The number of amides is 1. The molecule has 1 aromatic rings. The zero-order valence-electron chi connectivity index (χ0n) is 10.6. The summed E-state index contributed by atoms with van der Waals surface area (Å²) < 4.78 is 5.57. The van der Waals surface area contributed by atoms with E-state index >= 15 is 0 Å². The highest BCUT2D eigenvalue weighted by Crippen LogP contribution is 2.26. The molecular weight excluding hydrogens is 240 g/mol. The molecule has 0 unspecified atom stereocenters. The van der Waals surface area contributed by atoms with Gasteiger partial charge in [0.1, 0.15) is 24.0 Å². The van der Waals surface area contributed by atoms with Crippen molar-refractivity contribution in [3.63, 3.8) is 0 Å². The van der Waals surface area contributed by atoms with E-state index in [-0.39, 0.29) is 11.5 Å². The predicted molar refractivity (Wildman–Crippen MR) is 72.3 cm³/mol. The van der Waals surface area contributed by atoms with E-state index in [0.29, 0.717) is 13.2 Å². The molecule has 0 aliphatic carbocycles. The van der Waals surface area contributed by atoms with Gasteiger partial charge in [-0.1, -0.05) is 18.2 Å². The van der Waals surface area contributed by atoms with Crippen molar-refractivity contribution in [2.45, 2.75) is 6.92 Å². The number of benzene rings is 1. The zero-order valence-corrected chi connectivity index (χ0v) is 10.6. The molecule has 1 aliphatic heterocycles. The fourth-order valence-electron chi connectivity index (χ4n) is 1.81. The summed E-state index contributed by atoms with van der Waals surface area (Å²) >= 11 is 0.